The molecule has 0 bridgehead atoms. The van der Waals surface area contributed by atoms with Crippen LogP contribution in [0.1, 0.15) is 19.2 Å². The van der Waals surface area contributed by atoms with E-state index in [-0.39, 0.29) is 0 Å². The van der Waals surface area contributed by atoms with E-state index in [9.17, 15) is 0 Å². The molecule has 0 amide bonds. The van der Waals surface area contributed by atoms with E-state index in [1.807, 2.05) is 13.0 Å². The third-order valence-electron chi connectivity index (χ3n) is 2.07. The molecule has 102 valence electrons. The summed E-state index contributed by atoms with van der Waals surface area (Å²) in [4.78, 5) is 8.63. The van der Waals surface area contributed by atoms with Crippen LogP contribution in [0.4, 0.5) is 5.82 Å². The van der Waals surface area contributed by atoms with Crippen molar-refractivity contribution in [1.29, 1.82) is 0 Å². The fourth-order valence-electron chi connectivity index (χ4n) is 1.26. The molecule has 1 aromatic heterocycles. The van der Waals surface area contributed by atoms with Gasteiger partial charge in [-0.3, -0.25) is 0 Å². The van der Waals surface area contributed by atoms with E-state index in [1.165, 1.54) is 0 Å². The average molecular weight is 272 g/mol. The van der Waals surface area contributed by atoms with Crippen LogP contribution < -0.4 is 11.3 Å². The largest absolute Gasteiger partial charge is 0.385 e. The molecule has 1 heterocycles. The van der Waals surface area contributed by atoms with Crippen molar-refractivity contribution in [3.63, 3.8) is 0 Å². The maximum Gasteiger partial charge on any atom is 0.157 e. The Morgan fingerprint density at radius 3 is 2.94 bits per heavy atom. The van der Waals surface area contributed by atoms with Crippen LogP contribution in [0.15, 0.2) is 11.1 Å². The lowest BCUT2D eigenvalue weighted by Crippen LogP contribution is -2.11. The number of hydrogen-bond acceptors (Lipinski definition) is 7. The van der Waals surface area contributed by atoms with Crippen molar-refractivity contribution in [2.75, 3.05) is 31.5 Å². The second-order valence-corrected chi connectivity index (χ2v) is 4.60. The highest BCUT2D eigenvalue weighted by Gasteiger charge is 2.04. The average Bonchev–Trinajstić information content (AvgIpc) is 2.41. The maximum atomic E-state index is 5.38. The summed E-state index contributed by atoms with van der Waals surface area (Å²) in [5.41, 5.74) is 2.54. The van der Waals surface area contributed by atoms with Gasteiger partial charge in [-0.15, -0.1) is 11.8 Å². The summed E-state index contributed by atoms with van der Waals surface area (Å²) >= 11 is 1.66. The monoisotopic (exact) mass is 272 g/mol. The number of hydrazine groups is 1. The molecule has 0 spiro atoms. The molecule has 0 aliphatic heterocycles. The van der Waals surface area contributed by atoms with Crippen molar-refractivity contribution in [2.24, 2.45) is 5.84 Å². The van der Waals surface area contributed by atoms with Crippen LogP contribution in [0.3, 0.4) is 0 Å². The normalized spacial score (nSPS) is 10.6. The van der Waals surface area contributed by atoms with E-state index in [1.54, 1.807) is 18.9 Å². The van der Waals surface area contributed by atoms with Crippen molar-refractivity contribution in [2.45, 2.75) is 25.0 Å². The Bertz CT molecular complexity index is 352. The minimum atomic E-state index is 0.400. The Morgan fingerprint density at radius 2 is 2.28 bits per heavy atom. The SMILES string of the molecule is CCOCc1nc(NN)cc(SCCCOC)n1. The van der Waals surface area contributed by atoms with Crippen LogP contribution in [0.5, 0.6) is 0 Å². The van der Waals surface area contributed by atoms with Gasteiger partial charge in [-0.1, -0.05) is 0 Å². The van der Waals surface area contributed by atoms with Crippen LogP contribution in [0.2, 0.25) is 0 Å². The van der Waals surface area contributed by atoms with Gasteiger partial charge in [0.15, 0.2) is 5.82 Å². The first-order chi connectivity index (χ1) is 8.80. The lowest BCUT2D eigenvalue weighted by molar-refractivity contribution is 0.128. The van der Waals surface area contributed by atoms with Gasteiger partial charge in [-0.2, -0.15) is 0 Å². The summed E-state index contributed by atoms with van der Waals surface area (Å²) in [5.74, 6) is 7.58. The molecule has 7 heteroatoms. The van der Waals surface area contributed by atoms with E-state index in [0.29, 0.717) is 24.9 Å². The molecule has 6 nitrogen and oxygen atoms in total. The van der Waals surface area contributed by atoms with Crippen molar-refractivity contribution < 1.29 is 9.47 Å². The molecule has 0 radical (unpaired) electrons. The number of aromatic nitrogens is 2. The number of thioether (sulfide) groups is 1. The number of methoxy groups -OCH3 is 1. The Kier molecular flexibility index (Phi) is 7.66. The molecule has 0 unspecified atom stereocenters. The first-order valence-corrected chi connectivity index (χ1v) is 6.82. The number of hydrogen-bond donors (Lipinski definition) is 2. The number of nitrogen functional groups attached to an aromatic ring is 1. The zero-order chi connectivity index (χ0) is 13.2. The van der Waals surface area contributed by atoms with E-state index >= 15 is 0 Å². The zero-order valence-corrected chi connectivity index (χ0v) is 11.6. The van der Waals surface area contributed by atoms with Crippen LogP contribution in [0.25, 0.3) is 0 Å². The Hall–Kier alpha value is -0.890. The summed E-state index contributed by atoms with van der Waals surface area (Å²) in [6, 6.07) is 1.83. The minimum absolute atomic E-state index is 0.400. The number of rotatable bonds is 9. The number of ether oxygens (including phenoxy) is 2. The van der Waals surface area contributed by atoms with Gasteiger partial charge < -0.3 is 14.9 Å². The number of nitrogens with one attached hydrogen (secondary N) is 1. The van der Waals surface area contributed by atoms with Gasteiger partial charge >= 0.3 is 0 Å². The topological polar surface area (TPSA) is 82.3 Å². The molecule has 0 aliphatic carbocycles. The summed E-state index contributed by atoms with van der Waals surface area (Å²) < 4.78 is 10.3. The summed E-state index contributed by atoms with van der Waals surface area (Å²) in [7, 11) is 1.70. The molecule has 0 saturated heterocycles. The van der Waals surface area contributed by atoms with Gasteiger partial charge in [-0.25, -0.2) is 15.8 Å². The van der Waals surface area contributed by atoms with Gasteiger partial charge in [-0.05, 0) is 13.3 Å². The molecule has 18 heavy (non-hydrogen) atoms. The Balaban J connectivity index is 2.58. The minimum Gasteiger partial charge on any atom is -0.385 e. The summed E-state index contributed by atoms with van der Waals surface area (Å²) in [6.07, 6.45) is 0.983. The Labute approximate surface area is 112 Å². The predicted octanol–water partition coefficient (Wildman–Crippen LogP) is 1.43. The fraction of sp³-hybridized carbons (Fsp3) is 0.636. The molecule has 0 saturated carbocycles. The molecular formula is C11H20N4O2S. The molecule has 0 fully saturated rings. The van der Waals surface area contributed by atoms with Gasteiger partial charge in [0.1, 0.15) is 17.5 Å². The van der Waals surface area contributed by atoms with Crippen molar-refractivity contribution in [3.05, 3.63) is 11.9 Å². The van der Waals surface area contributed by atoms with Crippen molar-refractivity contribution in [1.82, 2.24) is 9.97 Å². The molecule has 0 atom stereocenters. The van der Waals surface area contributed by atoms with Crippen LogP contribution in [0, 0.1) is 0 Å². The van der Waals surface area contributed by atoms with E-state index in [0.717, 1.165) is 23.8 Å². The van der Waals surface area contributed by atoms with Gasteiger partial charge in [0.25, 0.3) is 0 Å². The van der Waals surface area contributed by atoms with Crippen LogP contribution in [-0.4, -0.2) is 36.0 Å². The number of nitrogens with zero attached hydrogens (tertiary/aromatic N) is 2. The fourth-order valence-corrected chi connectivity index (χ4v) is 2.09. The third-order valence-corrected chi connectivity index (χ3v) is 3.07. The van der Waals surface area contributed by atoms with Gasteiger partial charge in [0.05, 0.1) is 0 Å². The van der Waals surface area contributed by atoms with Crippen molar-refractivity contribution in [3.8, 4) is 0 Å². The maximum absolute atomic E-state index is 5.38. The lowest BCUT2D eigenvalue weighted by Gasteiger charge is -2.07. The van der Waals surface area contributed by atoms with Crippen LogP contribution in [-0.2, 0) is 16.1 Å². The Morgan fingerprint density at radius 1 is 1.44 bits per heavy atom. The number of anilines is 1. The van der Waals surface area contributed by atoms with E-state index < -0.39 is 0 Å². The smallest absolute Gasteiger partial charge is 0.157 e. The number of nitrogens with two attached hydrogens (primary N) is 1. The second-order valence-electron chi connectivity index (χ2n) is 3.48. The molecule has 3 N–H and O–H groups in total. The second kappa shape index (κ2) is 9.09. The predicted molar refractivity (Wildman–Crippen MR) is 72.4 cm³/mol. The lowest BCUT2D eigenvalue weighted by atomic mass is 10.5. The quantitative estimate of drug-likeness (QED) is 0.231. The summed E-state index contributed by atoms with van der Waals surface area (Å²) in [6.45, 7) is 3.73. The molecule has 0 aliphatic rings. The molecule has 0 aromatic carbocycles. The highest BCUT2D eigenvalue weighted by atomic mass is 32.2. The van der Waals surface area contributed by atoms with Gasteiger partial charge in [0.2, 0.25) is 0 Å². The standard InChI is InChI=1S/C11H20N4O2S/c1-3-17-8-10-13-9(15-12)7-11(14-10)18-6-4-5-16-2/h7H,3-6,8,12H2,1-2H3,(H,13,14,15). The van der Waals surface area contributed by atoms with Gasteiger partial charge in [0, 0.05) is 32.1 Å². The van der Waals surface area contributed by atoms with E-state index in [2.05, 4.69) is 15.4 Å². The molecular weight excluding hydrogens is 252 g/mol. The summed E-state index contributed by atoms with van der Waals surface area (Å²) in [5, 5.41) is 0.892. The molecule has 1 aromatic rings. The third kappa shape index (κ3) is 5.63. The first-order valence-electron chi connectivity index (χ1n) is 5.84. The zero-order valence-electron chi connectivity index (χ0n) is 10.8. The highest BCUT2D eigenvalue weighted by Crippen LogP contribution is 2.19. The first kappa shape index (κ1) is 15.2. The van der Waals surface area contributed by atoms with E-state index in [4.69, 9.17) is 15.3 Å². The van der Waals surface area contributed by atoms with Crippen LogP contribution >= 0.6 is 11.8 Å². The van der Waals surface area contributed by atoms with Crippen molar-refractivity contribution >= 4 is 17.6 Å². The molecule has 1 rings (SSSR count). The highest BCUT2D eigenvalue weighted by molar-refractivity contribution is 7.99.